The molecule has 2 heterocycles. The number of alkyl halides is 3. The molecule has 1 aliphatic carbocycles. The van der Waals surface area contributed by atoms with E-state index >= 15 is 0 Å². The van der Waals surface area contributed by atoms with Gasteiger partial charge < -0.3 is 10.0 Å². The maximum Gasteiger partial charge on any atom is 0.418 e. The zero-order chi connectivity index (χ0) is 23.3. The van der Waals surface area contributed by atoms with Crippen molar-refractivity contribution in [2.45, 2.75) is 38.0 Å². The van der Waals surface area contributed by atoms with Crippen LogP contribution in [0.15, 0.2) is 47.3 Å². The van der Waals surface area contributed by atoms with Gasteiger partial charge in [-0.15, -0.1) is 0 Å². The molecule has 1 atom stereocenters. The number of aliphatic hydroxyl groups excluding tert-OH is 1. The average Bonchev–Trinajstić information content (AvgIpc) is 3.43. The van der Waals surface area contributed by atoms with Crippen LogP contribution in [0.1, 0.15) is 29.5 Å². The predicted molar refractivity (Wildman–Crippen MR) is 120 cm³/mol. The summed E-state index contributed by atoms with van der Waals surface area (Å²) in [5.74, 6) is 0. The quantitative estimate of drug-likeness (QED) is 0.600. The molecule has 172 valence electrons. The van der Waals surface area contributed by atoms with Crippen LogP contribution >= 0.6 is 11.6 Å². The van der Waals surface area contributed by atoms with Crippen molar-refractivity contribution in [1.82, 2.24) is 9.78 Å². The molecule has 1 saturated heterocycles. The number of halogens is 4. The first-order valence-electron chi connectivity index (χ1n) is 10.8. The van der Waals surface area contributed by atoms with Crippen LogP contribution in [0.25, 0.3) is 16.9 Å². The molecular formula is C24H21ClF3N3O2. The van der Waals surface area contributed by atoms with Gasteiger partial charge in [0.2, 0.25) is 0 Å². The highest BCUT2D eigenvalue weighted by molar-refractivity contribution is 6.30. The van der Waals surface area contributed by atoms with Gasteiger partial charge in [0.25, 0.3) is 5.56 Å². The van der Waals surface area contributed by atoms with E-state index in [1.54, 1.807) is 24.3 Å². The molecule has 0 radical (unpaired) electrons. The second kappa shape index (κ2) is 8.18. The van der Waals surface area contributed by atoms with E-state index in [0.29, 0.717) is 59.9 Å². The summed E-state index contributed by atoms with van der Waals surface area (Å²) < 4.78 is 42.8. The van der Waals surface area contributed by atoms with Gasteiger partial charge in [-0.2, -0.15) is 23.0 Å². The molecule has 1 unspecified atom stereocenters. The zero-order valence-electron chi connectivity index (χ0n) is 17.6. The largest absolute Gasteiger partial charge is 0.418 e. The van der Waals surface area contributed by atoms with Crippen LogP contribution in [0.5, 0.6) is 0 Å². The maximum atomic E-state index is 14.0. The second-order valence-electron chi connectivity index (χ2n) is 8.47. The Balaban J connectivity index is 1.75. The number of hydrogen-bond donors (Lipinski definition) is 1. The smallest absolute Gasteiger partial charge is 0.391 e. The van der Waals surface area contributed by atoms with E-state index in [2.05, 4.69) is 5.10 Å². The fraction of sp³-hybridized carbons (Fsp3) is 0.333. The van der Waals surface area contributed by atoms with E-state index in [-0.39, 0.29) is 5.69 Å². The Kier molecular flexibility index (Phi) is 5.45. The summed E-state index contributed by atoms with van der Waals surface area (Å²) in [6.45, 7) is 0.845. The number of aliphatic hydroxyl groups is 1. The minimum atomic E-state index is -4.67. The second-order valence-corrected chi connectivity index (χ2v) is 8.91. The molecule has 1 aliphatic heterocycles. The van der Waals surface area contributed by atoms with Crippen molar-refractivity contribution in [2.75, 3.05) is 18.0 Å². The molecule has 5 rings (SSSR count). The third-order valence-electron chi connectivity index (χ3n) is 6.30. The minimum Gasteiger partial charge on any atom is -0.391 e. The standard InChI is InChI=1S/C24H21ClF3N3O2/c25-15-4-1-3-14(11-15)22-18-5-2-6-19(18)23(33)31(29-22)21-12-16(30-10-9-17(32)13-30)7-8-20(21)24(26,27)28/h1,3-4,7-8,11-12,17,32H,2,5-6,9-10,13H2. The monoisotopic (exact) mass is 475 g/mol. The first-order chi connectivity index (χ1) is 15.7. The van der Waals surface area contributed by atoms with Gasteiger partial charge in [0.15, 0.2) is 0 Å². The van der Waals surface area contributed by atoms with Crippen molar-refractivity contribution in [3.05, 3.63) is 74.5 Å². The third-order valence-corrected chi connectivity index (χ3v) is 6.53. The van der Waals surface area contributed by atoms with Gasteiger partial charge in [-0.25, -0.2) is 0 Å². The van der Waals surface area contributed by atoms with Crippen molar-refractivity contribution in [3.63, 3.8) is 0 Å². The molecule has 3 aromatic rings. The first kappa shape index (κ1) is 22.0. The summed E-state index contributed by atoms with van der Waals surface area (Å²) in [4.78, 5) is 15.1. The molecule has 0 saturated carbocycles. The van der Waals surface area contributed by atoms with Crippen molar-refractivity contribution in [2.24, 2.45) is 0 Å². The molecule has 2 aliphatic rings. The first-order valence-corrected chi connectivity index (χ1v) is 11.2. The molecule has 0 amide bonds. The number of benzene rings is 2. The summed E-state index contributed by atoms with van der Waals surface area (Å²) in [6.07, 6.45) is -2.81. The third kappa shape index (κ3) is 4.02. The molecule has 1 N–H and O–H groups in total. The van der Waals surface area contributed by atoms with Gasteiger partial charge in [0.05, 0.1) is 23.0 Å². The Morgan fingerprint density at radius 3 is 2.58 bits per heavy atom. The highest BCUT2D eigenvalue weighted by atomic mass is 35.5. The lowest BCUT2D eigenvalue weighted by Crippen LogP contribution is -2.29. The molecule has 33 heavy (non-hydrogen) atoms. The van der Waals surface area contributed by atoms with E-state index in [9.17, 15) is 23.1 Å². The van der Waals surface area contributed by atoms with E-state index in [1.807, 2.05) is 4.90 Å². The summed E-state index contributed by atoms with van der Waals surface area (Å²) >= 11 is 6.15. The number of β-amino-alcohol motifs (C(OH)–C–C–N with tert-alkyl or cyclic N) is 1. The van der Waals surface area contributed by atoms with E-state index < -0.39 is 23.4 Å². The Bertz CT molecular complexity index is 1290. The number of fused-ring (bicyclic) bond motifs is 1. The number of hydrogen-bond acceptors (Lipinski definition) is 4. The van der Waals surface area contributed by atoms with Gasteiger partial charge in [-0.3, -0.25) is 4.79 Å². The molecule has 2 aromatic carbocycles. The van der Waals surface area contributed by atoms with Crippen LogP contribution in [0, 0.1) is 0 Å². The lowest BCUT2D eigenvalue weighted by Gasteiger charge is -2.22. The Morgan fingerprint density at radius 1 is 1.09 bits per heavy atom. The fourth-order valence-electron chi connectivity index (χ4n) is 4.71. The van der Waals surface area contributed by atoms with E-state index in [0.717, 1.165) is 22.7 Å². The number of rotatable bonds is 3. The highest BCUT2D eigenvalue weighted by Gasteiger charge is 2.36. The number of nitrogens with zero attached hydrogens (tertiary/aromatic N) is 3. The molecule has 5 nitrogen and oxygen atoms in total. The summed E-state index contributed by atoms with van der Waals surface area (Å²) in [6, 6.07) is 10.6. The molecular weight excluding hydrogens is 455 g/mol. The van der Waals surface area contributed by atoms with Crippen molar-refractivity contribution in [3.8, 4) is 16.9 Å². The SMILES string of the molecule is O=c1c2c(c(-c3cccc(Cl)c3)nn1-c1cc(N3CCC(O)C3)ccc1C(F)(F)F)CCC2. The van der Waals surface area contributed by atoms with Crippen LogP contribution in [0.3, 0.4) is 0 Å². The van der Waals surface area contributed by atoms with Crippen molar-refractivity contribution in [1.29, 1.82) is 0 Å². The molecule has 0 bridgehead atoms. The van der Waals surface area contributed by atoms with Crippen LogP contribution < -0.4 is 10.5 Å². The highest BCUT2D eigenvalue weighted by Crippen LogP contribution is 2.37. The van der Waals surface area contributed by atoms with Crippen LogP contribution in [-0.4, -0.2) is 34.1 Å². The zero-order valence-corrected chi connectivity index (χ0v) is 18.3. The normalized spacial score (nSPS) is 18.1. The van der Waals surface area contributed by atoms with Gasteiger partial charge in [-0.05, 0) is 61.6 Å². The average molecular weight is 476 g/mol. The predicted octanol–water partition coefficient (Wildman–Crippen LogP) is 4.63. The van der Waals surface area contributed by atoms with Gasteiger partial charge >= 0.3 is 6.18 Å². The maximum absolute atomic E-state index is 14.0. The molecule has 0 spiro atoms. The van der Waals surface area contributed by atoms with Crippen LogP contribution in [0.4, 0.5) is 18.9 Å². The van der Waals surface area contributed by atoms with Gasteiger partial charge in [0, 0.05) is 34.9 Å². The molecule has 1 fully saturated rings. The van der Waals surface area contributed by atoms with Crippen LogP contribution in [-0.2, 0) is 19.0 Å². The lowest BCUT2D eigenvalue weighted by molar-refractivity contribution is -0.137. The van der Waals surface area contributed by atoms with E-state index in [1.165, 1.54) is 12.1 Å². The molecule has 9 heteroatoms. The summed E-state index contributed by atoms with van der Waals surface area (Å²) in [5.41, 5.74) is 1.12. The minimum absolute atomic E-state index is 0.315. The van der Waals surface area contributed by atoms with Crippen LogP contribution in [0.2, 0.25) is 5.02 Å². The fourth-order valence-corrected chi connectivity index (χ4v) is 4.90. The lowest BCUT2D eigenvalue weighted by atomic mass is 10.0. The Morgan fingerprint density at radius 2 is 1.88 bits per heavy atom. The Labute approximate surface area is 193 Å². The van der Waals surface area contributed by atoms with Crippen molar-refractivity contribution < 1.29 is 18.3 Å². The Hall–Kier alpha value is -2.84. The van der Waals surface area contributed by atoms with Crippen molar-refractivity contribution >= 4 is 17.3 Å². The topological polar surface area (TPSA) is 58.4 Å². The number of anilines is 1. The van der Waals surface area contributed by atoms with Gasteiger partial charge in [-0.1, -0.05) is 23.7 Å². The molecule has 1 aromatic heterocycles. The van der Waals surface area contributed by atoms with E-state index in [4.69, 9.17) is 11.6 Å². The summed E-state index contributed by atoms with van der Waals surface area (Å²) in [5, 5.41) is 14.8. The van der Waals surface area contributed by atoms with Gasteiger partial charge in [0.1, 0.15) is 0 Å². The summed E-state index contributed by atoms with van der Waals surface area (Å²) in [7, 11) is 0. The number of aromatic nitrogens is 2.